The molecule has 0 fully saturated rings. The van der Waals surface area contributed by atoms with Gasteiger partial charge >= 0.3 is 0 Å². The predicted octanol–water partition coefficient (Wildman–Crippen LogP) is 4.81. The lowest BCUT2D eigenvalue weighted by atomic mass is 10.2. The summed E-state index contributed by atoms with van der Waals surface area (Å²) in [5.41, 5.74) is 1.50. The summed E-state index contributed by atoms with van der Waals surface area (Å²) in [6, 6.07) is 12.0. The van der Waals surface area contributed by atoms with E-state index >= 15 is 0 Å². The Morgan fingerprint density at radius 3 is 2.79 bits per heavy atom. The number of anilines is 1. The van der Waals surface area contributed by atoms with Gasteiger partial charge in [-0.3, -0.25) is 4.79 Å². The normalized spacial score (nSPS) is 10.6. The maximum absolute atomic E-state index is 12.4. The number of H-pyrrole nitrogens is 1. The smallest absolute Gasteiger partial charge is 0.271 e. The quantitative estimate of drug-likeness (QED) is 0.413. The van der Waals surface area contributed by atoms with Crippen molar-refractivity contribution in [2.24, 2.45) is 0 Å². The Labute approximate surface area is 173 Å². The number of aromatic amines is 1. The van der Waals surface area contributed by atoms with Crippen LogP contribution in [0.3, 0.4) is 0 Å². The molecule has 6 nitrogen and oxygen atoms in total. The first-order valence-corrected chi connectivity index (χ1v) is 10.5. The molecule has 2 heterocycles. The van der Waals surface area contributed by atoms with Gasteiger partial charge in [-0.1, -0.05) is 19.4 Å². The van der Waals surface area contributed by atoms with Crippen LogP contribution < -0.4 is 15.4 Å². The van der Waals surface area contributed by atoms with Crippen molar-refractivity contribution in [3.05, 3.63) is 52.8 Å². The molecule has 0 aliphatic rings. The first-order chi connectivity index (χ1) is 13.7. The average Bonchev–Trinajstić information content (AvgIpc) is 3.36. The minimum atomic E-state index is -0.268. The fraction of sp³-hybridized carbons (Fsp3) is 0.300. The van der Waals surface area contributed by atoms with Gasteiger partial charge in [-0.15, -0.1) is 11.3 Å². The van der Waals surface area contributed by atoms with Crippen LogP contribution in [0.5, 0.6) is 5.75 Å². The van der Waals surface area contributed by atoms with Crippen LogP contribution in [0.2, 0.25) is 5.28 Å². The van der Waals surface area contributed by atoms with Crippen molar-refractivity contribution < 1.29 is 9.53 Å². The Balaban J connectivity index is 1.45. The number of thiophene rings is 1. The summed E-state index contributed by atoms with van der Waals surface area (Å²) in [6.45, 7) is 3.58. The second-order valence-electron chi connectivity index (χ2n) is 6.14. The first-order valence-electron chi connectivity index (χ1n) is 9.21. The number of aromatic nitrogens is 2. The topological polar surface area (TPSA) is 79.0 Å². The maximum atomic E-state index is 12.4. The van der Waals surface area contributed by atoms with Crippen LogP contribution in [-0.4, -0.2) is 35.6 Å². The van der Waals surface area contributed by atoms with Crippen LogP contribution in [0, 0.1) is 0 Å². The van der Waals surface area contributed by atoms with Crippen molar-refractivity contribution in [1.82, 2.24) is 15.3 Å². The number of carbonyl (C=O) groups is 1. The van der Waals surface area contributed by atoms with E-state index < -0.39 is 0 Å². The van der Waals surface area contributed by atoms with Crippen LogP contribution >= 0.6 is 22.9 Å². The number of hydrogen-bond acceptors (Lipinski definition) is 5. The number of imidazole rings is 1. The molecule has 0 saturated carbocycles. The van der Waals surface area contributed by atoms with Crippen LogP contribution in [0.4, 0.5) is 5.82 Å². The van der Waals surface area contributed by atoms with Gasteiger partial charge in [0.1, 0.15) is 18.1 Å². The monoisotopic (exact) mass is 418 g/mol. The minimum absolute atomic E-state index is 0.186. The highest BCUT2D eigenvalue weighted by Gasteiger charge is 2.16. The van der Waals surface area contributed by atoms with E-state index in [-0.39, 0.29) is 11.2 Å². The van der Waals surface area contributed by atoms with Gasteiger partial charge in [0.2, 0.25) is 5.28 Å². The molecule has 0 spiro atoms. The van der Waals surface area contributed by atoms with Gasteiger partial charge in [0, 0.05) is 11.4 Å². The van der Waals surface area contributed by atoms with E-state index in [0.29, 0.717) is 24.7 Å². The average molecular weight is 419 g/mol. The highest BCUT2D eigenvalue weighted by Crippen LogP contribution is 2.26. The number of nitrogens with one attached hydrogen (secondary N) is 3. The molecular formula is C20H23ClN4O2S. The lowest BCUT2D eigenvalue weighted by molar-refractivity contribution is 0.0943. The third-order valence-corrected chi connectivity index (χ3v) is 5.14. The lowest BCUT2D eigenvalue weighted by Crippen LogP contribution is -2.29. The van der Waals surface area contributed by atoms with E-state index in [9.17, 15) is 4.79 Å². The zero-order valence-corrected chi connectivity index (χ0v) is 17.2. The molecule has 148 valence electrons. The predicted molar refractivity (Wildman–Crippen MR) is 115 cm³/mol. The van der Waals surface area contributed by atoms with E-state index in [1.807, 2.05) is 30.3 Å². The molecule has 1 amide bonds. The molecule has 3 N–H and O–H groups in total. The summed E-state index contributed by atoms with van der Waals surface area (Å²) in [7, 11) is 0. The summed E-state index contributed by atoms with van der Waals surface area (Å²) in [4.78, 5) is 20.5. The Morgan fingerprint density at radius 1 is 1.25 bits per heavy atom. The van der Waals surface area contributed by atoms with Gasteiger partial charge in [0.05, 0.1) is 6.54 Å². The Morgan fingerprint density at radius 2 is 2.07 bits per heavy atom. The second-order valence-corrected chi connectivity index (χ2v) is 7.44. The van der Waals surface area contributed by atoms with Crippen molar-refractivity contribution in [3.63, 3.8) is 0 Å². The largest absolute Gasteiger partial charge is 0.492 e. The molecule has 3 aromatic rings. The molecule has 0 aliphatic heterocycles. The summed E-state index contributed by atoms with van der Waals surface area (Å²) >= 11 is 7.61. The summed E-state index contributed by atoms with van der Waals surface area (Å²) in [5.74, 6) is 0.970. The fourth-order valence-electron chi connectivity index (χ4n) is 2.60. The number of nitrogens with zero attached hydrogens (tertiary/aromatic N) is 1. The molecular weight excluding hydrogens is 396 g/mol. The number of benzene rings is 1. The molecule has 0 bridgehead atoms. The first kappa shape index (κ1) is 20.2. The van der Waals surface area contributed by atoms with E-state index in [1.54, 1.807) is 11.3 Å². The SMILES string of the molecule is CCCCNc1nc(Cl)[nH]c1C(=O)NCCOc1ccc(-c2cccs2)cc1. The van der Waals surface area contributed by atoms with Crippen LogP contribution in [-0.2, 0) is 0 Å². The van der Waals surface area contributed by atoms with Crippen molar-refractivity contribution in [2.45, 2.75) is 19.8 Å². The van der Waals surface area contributed by atoms with Crippen LogP contribution in [0.15, 0.2) is 41.8 Å². The van der Waals surface area contributed by atoms with Crippen molar-refractivity contribution in [2.75, 3.05) is 25.0 Å². The zero-order chi connectivity index (χ0) is 19.8. The molecule has 0 saturated heterocycles. The molecule has 0 unspecified atom stereocenters. The van der Waals surface area contributed by atoms with Crippen molar-refractivity contribution >= 4 is 34.7 Å². The number of ether oxygens (including phenoxy) is 1. The standard InChI is InChI=1S/C20H23ClN4O2S/c1-2-3-10-22-18-17(24-20(21)25-18)19(26)23-11-12-27-15-8-6-14(7-9-15)16-5-4-13-28-16/h4-9,13,22H,2-3,10-12H2,1H3,(H,23,26)(H,24,25). The summed E-state index contributed by atoms with van der Waals surface area (Å²) < 4.78 is 5.70. The molecule has 2 aromatic heterocycles. The molecule has 0 radical (unpaired) electrons. The van der Waals surface area contributed by atoms with E-state index in [0.717, 1.165) is 30.7 Å². The number of carbonyl (C=O) groups excluding carboxylic acids is 1. The Hall–Kier alpha value is -2.51. The highest BCUT2D eigenvalue weighted by atomic mass is 35.5. The Bertz CT molecular complexity index is 878. The van der Waals surface area contributed by atoms with Crippen LogP contribution in [0.1, 0.15) is 30.3 Å². The molecule has 0 atom stereocenters. The highest BCUT2D eigenvalue weighted by molar-refractivity contribution is 7.13. The van der Waals surface area contributed by atoms with Crippen molar-refractivity contribution in [3.8, 4) is 16.2 Å². The molecule has 0 aliphatic carbocycles. The molecule has 8 heteroatoms. The van der Waals surface area contributed by atoms with Gasteiger partial charge in [-0.2, -0.15) is 0 Å². The number of unbranched alkanes of at least 4 members (excludes halogenated alkanes) is 1. The van der Waals surface area contributed by atoms with Gasteiger partial charge in [-0.25, -0.2) is 4.98 Å². The number of rotatable bonds is 10. The number of amides is 1. The van der Waals surface area contributed by atoms with Gasteiger partial charge in [0.25, 0.3) is 5.91 Å². The second kappa shape index (κ2) is 10.1. The fourth-order valence-corrected chi connectivity index (χ4v) is 3.51. The van der Waals surface area contributed by atoms with Crippen LogP contribution in [0.25, 0.3) is 10.4 Å². The molecule has 3 rings (SSSR count). The lowest BCUT2D eigenvalue weighted by Gasteiger charge is -2.09. The van der Waals surface area contributed by atoms with Gasteiger partial charge in [0.15, 0.2) is 5.82 Å². The molecule has 28 heavy (non-hydrogen) atoms. The summed E-state index contributed by atoms with van der Waals surface area (Å²) in [6.07, 6.45) is 2.04. The number of halogens is 1. The third kappa shape index (κ3) is 5.50. The van der Waals surface area contributed by atoms with E-state index in [1.165, 1.54) is 4.88 Å². The van der Waals surface area contributed by atoms with Crippen molar-refractivity contribution in [1.29, 1.82) is 0 Å². The minimum Gasteiger partial charge on any atom is -0.492 e. The third-order valence-electron chi connectivity index (χ3n) is 4.04. The number of hydrogen-bond donors (Lipinski definition) is 3. The zero-order valence-electron chi connectivity index (χ0n) is 15.6. The maximum Gasteiger partial charge on any atom is 0.271 e. The van der Waals surface area contributed by atoms with Gasteiger partial charge < -0.3 is 20.4 Å². The van der Waals surface area contributed by atoms with E-state index in [4.69, 9.17) is 16.3 Å². The van der Waals surface area contributed by atoms with Gasteiger partial charge in [-0.05, 0) is 59.3 Å². The van der Waals surface area contributed by atoms with E-state index in [2.05, 4.69) is 39.0 Å². The Kier molecular flexibility index (Phi) is 7.33. The summed E-state index contributed by atoms with van der Waals surface area (Å²) in [5, 5.41) is 8.19. The molecule has 1 aromatic carbocycles.